The molecular formula is C12H24N2. The molecule has 2 aliphatic rings. The molecule has 2 N–H and O–H groups in total. The summed E-state index contributed by atoms with van der Waals surface area (Å²) < 4.78 is 0. The van der Waals surface area contributed by atoms with E-state index in [0.29, 0.717) is 11.5 Å². The summed E-state index contributed by atoms with van der Waals surface area (Å²) in [6.45, 7) is 9.43. The Morgan fingerprint density at radius 1 is 1.21 bits per heavy atom. The maximum atomic E-state index is 6.14. The molecule has 0 aromatic rings. The molecule has 14 heavy (non-hydrogen) atoms. The van der Waals surface area contributed by atoms with E-state index < -0.39 is 0 Å². The van der Waals surface area contributed by atoms with Gasteiger partial charge in [0, 0.05) is 18.6 Å². The van der Waals surface area contributed by atoms with Gasteiger partial charge in [0.25, 0.3) is 0 Å². The van der Waals surface area contributed by atoms with Gasteiger partial charge in [0.15, 0.2) is 0 Å². The molecule has 82 valence electrons. The van der Waals surface area contributed by atoms with Crippen molar-refractivity contribution in [3.05, 3.63) is 0 Å². The highest BCUT2D eigenvalue weighted by Gasteiger charge is 2.40. The molecule has 1 heterocycles. The van der Waals surface area contributed by atoms with E-state index in [1.54, 1.807) is 0 Å². The third-order valence-corrected chi connectivity index (χ3v) is 4.39. The summed E-state index contributed by atoms with van der Waals surface area (Å²) >= 11 is 0. The van der Waals surface area contributed by atoms with Crippen LogP contribution in [0.15, 0.2) is 0 Å². The van der Waals surface area contributed by atoms with Gasteiger partial charge in [-0.2, -0.15) is 0 Å². The summed E-state index contributed by atoms with van der Waals surface area (Å²) in [5.41, 5.74) is 6.46. The van der Waals surface area contributed by atoms with Crippen molar-refractivity contribution >= 4 is 0 Å². The van der Waals surface area contributed by atoms with Crippen molar-refractivity contribution in [3.63, 3.8) is 0 Å². The molecule has 1 aliphatic heterocycles. The van der Waals surface area contributed by atoms with E-state index in [4.69, 9.17) is 5.73 Å². The second-order valence-corrected chi connectivity index (χ2v) is 5.98. The largest absolute Gasteiger partial charge is 0.327 e. The van der Waals surface area contributed by atoms with Crippen LogP contribution in [0.4, 0.5) is 0 Å². The molecule has 2 nitrogen and oxygen atoms in total. The third-order valence-electron chi connectivity index (χ3n) is 4.39. The van der Waals surface area contributed by atoms with E-state index in [0.717, 1.165) is 12.0 Å². The summed E-state index contributed by atoms with van der Waals surface area (Å²) in [5, 5.41) is 0. The van der Waals surface area contributed by atoms with Gasteiger partial charge < -0.3 is 5.73 Å². The van der Waals surface area contributed by atoms with Crippen LogP contribution < -0.4 is 5.73 Å². The molecule has 1 saturated carbocycles. The Labute approximate surface area is 87.8 Å². The maximum absolute atomic E-state index is 6.14. The Bertz CT molecular complexity index is 212. The van der Waals surface area contributed by atoms with E-state index in [9.17, 15) is 0 Å². The van der Waals surface area contributed by atoms with Gasteiger partial charge in [0.1, 0.15) is 0 Å². The number of nitrogens with two attached hydrogens (primary N) is 1. The Balaban J connectivity index is 1.96. The second kappa shape index (κ2) is 3.49. The SMILES string of the molecule is CC1CCC1N1CCC(N)C(C)(C)C1. The van der Waals surface area contributed by atoms with Crippen molar-refractivity contribution in [1.82, 2.24) is 4.90 Å². The summed E-state index contributed by atoms with van der Waals surface area (Å²) in [7, 11) is 0. The zero-order valence-electron chi connectivity index (χ0n) is 9.79. The Kier molecular flexibility index (Phi) is 2.61. The Morgan fingerprint density at radius 2 is 1.93 bits per heavy atom. The second-order valence-electron chi connectivity index (χ2n) is 5.98. The minimum absolute atomic E-state index is 0.313. The fourth-order valence-corrected chi connectivity index (χ4v) is 2.89. The van der Waals surface area contributed by atoms with Crippen molar-refractivity contribution in [2.24, 2.45) is 17.1 Å². The lowest BCUT2D eigenvalue weighted by molar-refractivity contribution is 0.00243. The van der Waals surface area contributed by atoms with E-state index in [1.807, 2.05) is 0 Å². The molecule has 3 unspecified atom stereocenters. The van der Waals surface area contributed by atoms with Crippen molar-refractivity contribution in [3.8, 4) is 0 Å². The third kappa shape index (κ3) is 1.70. The number of piperidine rings is 1. The van der Waals surface area contributed by atoms with Gasteiger partial charge in [-0.25, -0.2) is 0 Å². The topological polar surface area (TPSA) is 29.3 Å². The Morgan fingerprint density at radius 3 is 2.36 bits per heavy atom. The molecule has 0 aromatic heterocycles. The molecule has 3 atom stereocenters. The van der Waals surface area contributed by atoms with Crippen LogP contribution in [0.25, 0.3) is 0 Å². The van der Waals surface area contributed by atoms with Gasteiger partial charge in [-0.1, -0.05) is 20.8 Å². The zero-order valence-corrected chi connectivity index (χ0v) is 9.79. The van der Waals surface area contributed by atoms with Crippen LogP contribution in [-0.2, 0) is 0 Å². The van der Waals surface area contributed by atoms with E-state index in [2.05, 4.69) is 25.7 Å². The van der Waals surface area contributed by atoms with Crippen LogP contribution in [0.5, 0.6) is 0 Å². The molecule has 0 bridgehead atoms. The Hall–Kier alpha value is -0.0800. The molecule has 1 saturated heterocycles. The smallest absolute Gasteiger partial charge is 0.0121 e. The lowest BCUT2D eigenvalue weighted by Crippen LogP contribution is -2.58. The van der Waals surface area contributed by atoms with Gasteiger partial charge in [-0.15, -0.1) is 0 Å². The minimum atomic E-state index is 0.313. The quantitative estimate of drug-likeness (QED) is 0.693. The molecule has 2 heteroatoms. The number of likely N-dealkylation sites (tertiary alicyclic amines) is 1. The highest BCUT2D eigenvalue weighted by atomic mass is 15.2. The van der Waals surface area contributed by atoms with Crippen molar-refractivity contribution < 1.29 is 0 Å². The fraction of sp³-hybridized carbons (Fsp3) is 1.00. The monoisotopic (exact) mass is 196 g/mol. The zero-order chi connectivity index (χ0) is 10.3. The first kappa shape index (κ1) is 10.4. The lowest BCUT2D eigenvalue weighted by atomic mass is 9.74. The van der Waals surface area contributed by atoms with Crippen LogP contribution >= 0.6 is 0 Å². The summed E-state index contributed by atoms with van der Waals surface area (Å²) in [6.07, 6.45) is 4.01. The average Bonchev–Trinajstić information content (AvgIpc) is 2.08. The highest BCUT2D eigenvalue weighted by molar-refractivity contribution is 4.95. The summed E-state index contributed by atoms with van der Waals surface area (Å²) in [5.74, 6) is 0.917. The number of hydrogen-bond acceptors (Lipinski definition) is 2. The number of rotatable bonds is 1. The fourth-order valence-electron chi connectivity index (χ4n) is 2.89. The lowest BCUT2D eigenvalue weighted by Gasteiger charge is -2.50. The van der Waals surface area contributed by atoms with Crippen LogP contribution in [0.1, 0.15) is 40.0 Å². The van der Waals surface area contributed by atoms with Gasteiger partial charge in [-0.3, -0.25) is 4.90 Å². The average molecular weight is 196 g/mol. The van der Waals surface area contributed by atoms with Gasteiger partial charge in [-0.05, 0) is 37.1 Å². The van der Waals surface area contributed by atoms with Crippen molar-refractivity contribution in [1.29, 1.82) is 0 Å². The summed E-state index contributed by atoms with van der Waals surface area (Å²) in [6, 6.07) is 1.26. The summed E-state index contributed by atoms with van der Waals surface area (Å²) in [4.78, 5) is 2.68. The molecule has 0 radical (unpaired) electrons. The van der Waals surface area contributed by atoms with Crippen molar-refractivity contribution in [2.75, 3.05) is 13.1 Å². The van der Waals surface area contributed by atoms with Crippen molar-refractivity contribution in [2.45, 2.75) is 52.1 Å². The highest BCUT2D eigenvalue weighted by Crippen LogP contribution is 2.37. The van der Waals surface area contributed by atoms with E-state index in [1.165, 1.54) is 32.4 Å². The molecule has 0 amide bonds. The van der Waals surface area contributed by atoms with Crippen LogP contribution in [0.2, 0.25) is 0 Å². The molecule has 2 rings (SSSR count). The normalized spacial score (nSPS) is 43.3. The standard InChI is InChI=1S/C12H24N2/c1-9-4-5-10(9)14-7-6-11(13)12(2,3)8-14/h9-11H,4-8,13H2,1-3H3. The first-order valence-corrected chi connectivity index (χ1v) is 6.00. The first-order chi connectivity index (χ1) is 6.50. The van der Waals surface area contributed by atoms with Gasteiger partial charge in [0.2, 0.25) is 0 Å². The number of hydrogen-bond donors (Lipinski definition) is 1. The van der Waals surface area contributed by atoms with Crippen LogP contribution in [0, 0.1) is 11.3 Å². The van der Waals surface area contributed by atoms with Gasteiger partial charge >= 0.3 is 0 Å². The molecule has 2 fully saturated rings. The predicted molar refractivity (Wildman–Crippen MR) is 60.1 cm³/mol. The van der Waals surface area contributed by atoms with E-state index in [-0.39, 0.29) is 0 Å². The van der Waals surface area contributed by atoms with E-state index >= 15 is 0 Å². The maximum Gasteiger partial charge on any atom is 0.0121 e. The molecule has 0 aromatic carbocycles. The van der Waals surface area contributed by atoms with Crippen LogP contribution in [-0.4, -0.2) is 30.1 Å². The minimum Gasteiger partial charge on any atom is -0.327 e. The first-order valence-electron chi connectivity index (χ1n) is 6.00. The molecule has 0 spiro atoms. The number of nitrogens with zero attached hydrogens (tertiary/aromatic N) is 1. The molecule has 1 aliphatic carbocycles. The predicted octanol–water partition coefficient (Wildman–Crippen LogP) is 1.84. The van der Waals surface area contributed by atoms with Crippen LogP contribution in [0.3, 0.4) is 0 Å². The molecular weight excluding hydrogens is 172 g/mol. The van der Waals surface area contributed by atoms with Gasteiger partial charge in [0.05, 0.1) is 0 Å².